The quantitative estimate of drug-likeness (QED) is 0.323. The van der Waals surface area contributed by atoms with Crippen molar-refractivity contribution in [2.75, 3.05) is 0 Å². The van der Waals surface area contributed by atoms with Crippen LogP contribution in [0.3, 0.4) is 0 Å². The SMILES string of the molecule is O.[CH2-]CCCCCC.[CH2-]CCCCCC.[Hf]. The van der Waals surface area contributed by atoms with E-state index in [0.29, 0.717) is 0 Å². The Morgan fingerprint density at radius 3 is 1.12 bits per heavy atom. The van der Waals surface area contributed by atoms with Crippen LogP contribution in [-0.2, 0) is 25.8 Å². The Morgan fingerprint density at radius 1 is 0.625 bits per heavy atom. The van der Waals surface area contributed by atoms with E-state index in [0.717, 1.165) is 12.8 Å². The summed E-state index contributed by atoms with van der Waals surface area (Å²) in [4.78, 5) is 0. The van der Waals surface area contributed by atoms with Crippen LogP contribution < -0.4 is 0 Å². The normalized spacial score (nSPS) is 8.25. The molecule has 0 heterocycles. The van der Waals surface area contributed by atoms with E-state index in [1.165, 1.54) is 51.4 Å². The van der Waals surface area contributed by atoms with Crippen molar-refractivity contribution in [2.45, 2.75) is 78.1 Å². The van der Waals surface area contributed by atoms with Gasteiger partial charge in [-0.15, -0.1) is 0 Å². The monoisotopic (exact) mass is 396 g/mol. The van der Waals surface area contributed by atoms with Gasteiger partial charge in [-0.3, -0.25) is 0 Å². The zero-order chi connectivity index (χ0) is 11.1. The zero-order valence-corrected chi connectivity index (χ0v) is 15.1. The summed E-state index contributed by atoms with van der Waals surface area (Å²) in [6.07, 6.45) is 13.0. The molecule has 2 N–H and O–H groups in total. The predicted octanol–water partition coefficient (Wildman–Crippen LogP) is 4.75. The van der Waals surface area contributed by atoms with Gasteiger partial charge in [0.2, 0.25) is 0 Å². The van der Waals surface area contributed by atoms with Gasteiger partial charge in [0.1, 0.15) is 0 Å². The van der Waals surface area contributed by atoms with Crippen LogP contribution in [0.25, 0.3) is 0 Å². The van der Waals surface area contributed by atoms with Gasteiger partial charge < -0.3 is 19.3 Å². The summed E-state index contributed by atoms with van der Waals surface area (Å²) in [5.41, 5.74) is 0. The number of unbranched alkanes of at least 4 members (excludes halogenated alkanes) is 8. The van der Waals surface area contributed by atoms with E-state index >= 15 is 0 Å². The first-order valence-electron chi connectivity index (χ1n) is 6.41. The van der Waals surface area contributed by atoms with Gasteiger partial charge >= 0.3 is 0 Å². The Bertz CT molecular complexity index is 59.1. The second-order valence-corrected chi connectivity index (χ2v) is 3.83. The fourth-order valence-corrected chi connectivity index (χ4v) is 1.21. The number of rotatable bonds is 8. The molecule has 0 aromatic carbocycles. The summed E-state index contributed by atoms with van der Waals surface area (Å²) in [5.74, 6) is 0. The molecule has 1 nitrogen and oxygen atoms in total. The number of hydrogen-bond donors (Lipinski definition) is 0. The van der Waals surface area contributed by atoms with Gasteiger partial charge in [0.05, 0.1) is 0 Å². The topological polar surface area (TPSA) is 31.5 Å². The van der Waals surface area contributed by atoms with Crippen LogP contribution in [0, 0.1) is 13.8 Å². The van der Waals surface area contributed by atoms with Gasteiger partial charge in [0.15, 0.2) is 0 Å². The Hall–Kier alpha value is 0.830. The standard InChI is InChI=1S/2C7H15.Hf.H2O/c2*1-3-5-7-6-4-2;;/h2*1,3-7H2,2H3;;1H2/q2*-1;;. The van der Waals surface area contributed by atoms with Gasteiger partial charge in [-0.05, 0) is 0 Å². The minimum atomic E-state index is 0. The smallest absolute Gasteiger partial charge is 0 e. The van der Waals surface area contributed by atoms with Crippen molar-refractivity contribution in [3.05, 3.63) is 13.8 Å². The zero-order valence-electron chi connectivity index (χ0n) is 11.5. The van der Waals surface area contributed by atoms with Crippen molar-refractivity contribution in [1.29, 1.82) is 0 Å². The van der Waals surface area contributed by atoms with Crippen LogP contribution in [0.5, 0.6) is 0 Å². The van der Waals surface area contributed by atoms with Crippen LogP contribution >= 0.6 is 0 Å². The minimum Gasteiger partial charge on any atom is -0.412 e. The van der Waals surface area contributed by atoms with Gasteiger partial charge in [-0.1, -0.05) is 65.2 Å². The molecule has 0 saturated carbocycles. The van der Waals surface area contributed by atoms with Crippen molar-refractivity contribution < 1.29 is 31.3 Å². The molecular weight excluding hydrogens is 363 g/mol. The molecule has 0 spiro atoms. The molecule has 0 unspecified atom stereocenters. The van der Waals surface area contributed by atoms with E-state index in [-0.39, 0.29) is 31.3 Å². The van der Waals surface area contributed by atoms with E-state index in [1.807, 2.05) is 0 Å². The average molecular weight is 395 g/mol. The molecule has 0 radical (unpaired) electrons. The molecule has 0 saturated heterocycles. The van der Waals surface area contributed by atoms with Crippen LogP contribution in [0.2, 0.25) is 0 Å². The van der Waals surface area contributed by atoms with Crippen molar-refractivity contribution in [3.8, 4) is 0 Å². The van der Waals surface area contributed by atoms with Crippen LogP contribution in [0.15, 0.2) is 0 Å². The third-order valence-electron chi connectivity index (χ3n) is 2.21. The molecule has 0 aromatic heterocycles. The van der Waals surface area contributed by atoms with E-state index < -0.39 is 0 Å². The Kier molecular flexibility index (Phi) is 47.5. The maximum Gasteiger partial charge on any atom is 0 e. The average Bonchev–Trinajstić information content (AvgIpc) is 2.21. The van der Waals surface area contributed by atoms with Gasteiger partial charge in [0, 0.05) is 25.8 Å². The molecule has 0 aliphatic carbocycles. The third kappa shape index (κ3) is 36.4. The third-order valence-corrected chi connectivity index (χ3v) is 2.21. The summed E-state index contributed by atoms with van der Waals surface area (Å²) in [6.45, 7) is 12.0. The molecule has 0 aliphatic heterocycles. The van der Waals surface area contributed by atoms with E-state index in [2.05, 4.69) is 27.7 Å². The fraction of sp³-hybridized carbons (Fsp3) is 0.857. The van der Waals surface area contributed by atoms with Crippen LogP contribution in [0.4, 0.5) is 0 Å². The summed E-state index contributed by atoms with van der Waals surface area (Å²) in [6, 6.07) is 0. The van der Waals surface area contributed by atoms with Crippen molar-refractivity contribution in [3.63, 3.8) is 0 Å². The number of hydrogen-bond acceptors (Lipinski definition) is 0. The summed E-state index contributed by atoms with van der Waals surface area (Å²) in [5, 5.41) is 0. The molecule has 0 amide bonds. The van der Waals surface area contributed by atoms with Gasteiger partial charge in [0.25, 0.3) is 0 Å². The fourth-order valence-electron chi connectivity index (χ4n) is 1.21. The van der Waals surface area contributed by atoms with Crippen LogP contribution in [-0.4, -0.2) is 5.48 Å². The molecule has 0 aliphatic rings. The first-order valence-corrected chi connectivity index (χ1v) is 6.41. The first-order chi connectivity index (χ1) is 6.83. The van der Waals surface area contributed by atoms with Crippen molar-refractivity contribution in [1.82, 2.24) is 0 Å². The van der Waals surface area contributed by atoms with Crippen LogP contribution in [0.1, 0.15) is 78.1 Å². The summed E-state index contributed by atoms with van der Waals surface area (Å²) >= 11 is 0. The Labute approximate surface area is 123 Å². The first kappa shape index (κ1) is 25.6. The Balaban J connectivity index is -0.0000000800. The molecule has 0 atom stereocenters. The predicted molar refractivity (Wildman–Crippen MR) is 71.8 cm³/mol. The molecule has 0 fully saturated rings. The largest absolute Gasteiger partial charge is 0.412 e. The second kappa shape index (κ2) is 29.7. The molecular formula is C14H32HfO-2. The molecule has 100 valence electrons. The molecule has 0 bridgehead atoms. The summed E-state index contributed by atoms with van der Waals surface area (Å²) in [7, 11) is 0. The maximum atomic E-state index is 3.76. The second-order valence-electron chi connectivity index (χ2n) is 3.83. The molecule has 0 rings (SSSR count). The summed E-state index contributed by atoms with van der Waals surface area (Å²) < 4.78 is 0. The minimum absolute atomic E-state index is 0. The Morgan fingerprint density at radius 2 is 0.938 bits per heavy atom. The van der Waals surface area contributed by atoms with E-state index in [4.69, 9.17) is 0 Å². The van der Waals surface area contributed by atoms with Crippen molar-refractivity contribution in [2.24, 2.45) is 0 Å². The van der Waals surface area contributed by atoms with Gasteiger partial charge in [-0.2, -0.15) is 12.8 Å². The molecule has 2 heteroatoms. The van der Waals surface area contributed by atoms with E-state index in [1.54, 1.807) is 0 Å². The van der Waals surface area contributed by atoms with E-state index in [9.17, 15) is 0 Å². The molecule has 16 heavy (non-hydrogen) atoms. The molecule has 0 aromatic rings. The van der Waals surface area contributed by atoms with Gasteiger partial charge in [-0.25, -0.2) is 0 Å². The van der Waals surface area contributed by atoms with Crippen molar-refractivity contribution >= 4 is 0 Å². The maximum absolute atomic E-state index is 3.76.